The van der Waals surface area contributed by atoms with Crippen molar-refractivity contribution in [1.82, 2.24) is 14.5 Å². The summed E-state index contributed by atoms with van der Waals surface area (Å²) in [5.74, 6) is 0. The van der Waals surface area contributed by atoms with Crippen molar-refractivity contribution >= 4 is 6.09 Å². The number of rotatable bonds is 3. The van der Waals surface area contributed by atoms with Gasteiger partial charge in [-0.15, -0.1) is 0 Å². The summed E-state index contributed by atoms with van der Waals surface area (Å²) < 4.78 is 6.91. The van der Waals surface area contributed by atoms with Gasteiger partial charge in [0.15, 0.2) is 0 Å². The number of hydrogen-bond acceptors (Lipinski definition) is 5. The Labute approximate surface area is 177 Å². The van der Waals surface area contributed by atoms with Gasteiger partial charge in [-0.1, -0.05) is 44.2 Å². The Morgan fingerprint density at radius 1 is 1.23 bits per heavy atom. The van der Waals surface area contributed by atoms with E-state index in [1.807, 2.05) is 65.0 Å². The lowest BCUT2D eigenvalue weighted by atomic mass is 9.70. The van der Waals surface area contributed by atoms with E-state index in [1.54, 1.807) is 4.90 Å². The molecule has 7 heteroatoms. The fraction of sp³-hybridized carbons (Fsp3) is 0.522. The number of amides is 1. The Morgan fingerprint density at radius 3 is 2.47 bits per heavy atom. The summed E-state index contributed by atoms with van der Waals surface area (Å²) in [6, 6.07) is 11.0. The second-order valence-electron chi connectivity index (χ2n) is 9.67. The van der Waals surface area contributed by atoms with Crippen LogP contribution in [-0.4, -0.2) is 49.9 Å². The molecule has 0 aliphatic carbocycles. The van der Waals surface area contributed by atoms with Crippen LogP contribution < -0.4 is 5.56 Å². The molecule has 1 aromatic carbocycles. The largest absolute Gasteiger partial charge is 0.444 e. The first kappa shape index (κ1) is 22.0. The average Bonchev–Trinajstić information content (AvgIpc) is 2.65. The van der Waals surface area contributed by atoms with Crippen molar-refractivity contribution in [3.8, 4) is 11.3 Å². The molecule has 1 aromatic heterocycles. The first-order chi connectivity index (χ1) is 13.9. The number of carbonyl (C=O) groups is 1. The summed E-state index contributed by atoms with van der Waals surface area (Å²) in [4.78, 5) is 31.2. The number of hydrogen-bond donors (Lipinski definition) is 1. The third-order valence-corrected chi connectivity index (χ3v) is 5.67. The summed E-state index contributed by atoms with van der Waals surface area (Å²) in [6.45, 7) is 10.1. The summed E-state index contributed by atoms with van der Waals surface area (Å²) in [7, 11) is 0. The fourth-order valence-corrected chi connectivity index (χ4v) is 3.73. The predicted molar refractivity (Wildman–Crippen MR) is 115 cm³/mol. The number of piperidine rings is 1. The standard InChI is InChI=1S/C23H31N3O4/c1-21(2,3)30-20(28)25-12-11-23(29,22(4,5)14-25)15-26-16-24-18(13-19(26)27)17-9-7-6-8-10-17/h6-10,13,16,29H,11-12,14-15H2,1-5H3/t23-/m1/s1. The molecule has 1 aliphatic heterocycles. The van der Waals surface area contributed by atoms with E-state index in [0.29, 0.717) is 25.2 Å². The molecule has 162 valence electrons. The number of nitrogens with zero attached hydrogens (tertiary/aromatic N) is 3. The van der Waals surface area contributed by atoms with E-state index in [1.165, 1.54) is 17.0 Å². The molecular formula is C23H31N3O4. The molecule has 0 saturated carbocycles. The predicted octanol–water partition coefficient (Wildman–Crippen LogP) is 3.31. The minimum atomic E-state index is -1.16. The van der Waals surface area contributed by atoms with E-state index in [0.717, 1.165) is 5.56 Å². The summed E-state index contributed by atoms with van der Waals surface area (Å²) >= 11 is 0. The highest BCUT2D eigenvalue weighted by Crippen LogP contribution is 2.40. The third-order valence-electron chi connectivity index (χ3n) is 5.67. The Balaban J connectivity index is 1.77. The van der Waals surface area contributed by atoms with Gasteiger partial charge in [0.25, 0.3) is 5.56 Å². The molecule has 1 aliphatic rings. The molecule has 1 fully saturated rings. The second-order valence-corrected chi connectivity index (χ2v) is 9.67. The molecule has 1 N–H and O–H groups in total. The highest BCUT2D eigenvalue weighted by molar-refractivity contribution is 5.68. The molecule has 2 heterocycles. The molecule has 1 amide bonds. The fourth-order valence-electron chi connectivity index (χ4n) is 3.73. The number of ether oxygens (including phenoxy) is 1. The topological polar surface area (TPSA) is 84.7 Å². The minimum absolute atomic E-state index is 0.114. The van der Waals surface area contributed by atoms with Crippen molar-refractivity contribution in [2.24, 2.45) is 5.41 Å². The van der Waals surface area contributed by atoms with Gasteiger partial charge >= 0.3 is 6.09 Å². The van der Waals surface area contributed by atoms with Gasteiger partial charge in [0.05, 0.1) is 24.2 Å². The molecule has 1 saturated heterocycles. The van der Waals surface area contributed by atoms with Gasteiger partial charge in [0, 0.05) is 30.1 Å². The van der Waals surface area contributed by atoms with Gasteiger partial charge in [-0.05, 0) is 27.2 Å². The maximum atomic E-state index is 12.7. The third kappa shape index (κ3) is 4.73. The van der Waals surface area contributed by atoms with Crippen LogP contribution in [0.3, 0.4) is 0 Å². The number of aliphatic hydroxyl groups is 1. The first-order valence-electron chi connectivity index (χ1n) is 10.2. The highest BCUT2D eigenvalue weighted by atomic mass is 16.6. The van der Waals surface area contributed by atoms with E-state index >= 15 is 0 Å². The molecule has 1 atom stereocenters. The van der Waals surface area contributed by atoms with Gasteiger partial charge in [-0.2, -0.15) is 0 Å². The Bertz CT molecular complexity index is 962. The van der Waals surface area contributed by atoms with Gasteiger partial charge in [0.2, 0.25) is 0 Å². The van der Waals surface area contributed by atoms with E-state index in [2.05, 4.69) is 4.98 Å². The van der Waals surface area contributed by atoms with Crippen LogP contribution >= 0.6 is 0 Å². The summed E-state index contributed by atoms with van der Waals surface area (Å²) in [5.41, 5.74) is -1.13. The number of benzene rings is 1. The Kier molecular flexibility index (Phi) is 5.78. The van der Waals surface area contributed by atoms with Gasteiger partial charge in [-0.3, -0.25) is 9.36 Å². The SMILES string of the molecule is CC(C)(C)OC(=O)N1CC[C@@](O)(Cn2cnc(-c3ccccc3)cc2=O)C(C)(C)C1. The van der Waals surface area contributed by atoms with Gasteiger partial charge < -0.3 is 14.7 Å². The molecular weight excluding hydrogens is 382 g/mol. The maximum Gasteiger partial charge on any atom is 0.410 e. The Hall–Kier alpha value is -2.67. The van der Waals surface area contributed by atoms with Crippen LogP contribution in [0, 0.1) is 5.41 Å². The molecule has 7 nitrogen and oxygen atoms in total. The quantitative estimate of drug-likeness (QED) is 0.835. The van der Waals surface area contributed by atoms with Crippen LogP contribution in [0.1, 0.15) is 41.0 Å². The molecule has 2 aromatic rings. The molecule has 30 heavy (non-hydrogen) atoms. The highest BCUT2D eigenvalue weighted by Gasteiger charge is 2.49. The van der Waals surface area contributed by atoms with Crippen LogP contribution in [0.4, 0.5) is 4.79 Å². The molecule has 0 radical (unpaired) electrons. The van der Waals surface area contributed by atoms with Crippen LogP contribution in [0.2, 0.25) is 0 Å². The van der Waals surface area contributed by atoms with E-state index in [4.69, 9.17) is 4.74 Å². The number of carbonyl (C=O) groups excluding carboxylic acids is 1. The summed E-state index contributed by atoms with van der Waals surface area (Å²) in [6.07, 6.45) is 1.44. The van der Waals surface area contributed by atoms with Gasteiger partial charge in [0.1, 0.15) is 5.60 Å². The Morgan fingerprint density at radius 2 is 1.90 bits per heavy atom. The van der Waals surface area contributed by atoms with Crippen LogP contribution in [0.5, 0.6) is 0 Å². The monoisotopic (exact) mass is 413 g/mol. The molecule has 3 rings (SSSR count). The van der Waals surface area contributed by atoms with Crippen molar-refractivity contribution in [3.63, 3.8) is 0 Å². The zero-order valence-corrected chi connectivity index (χ0v) is 18.4. The molecule has 0 unspecified atom stereocenters. The van der Waals surface area contributed by atoms with Crippen molar-refractivity contribution in [1.29, 1.82) is 0 Å². The normalized spacial score (nSPS) is 21.3. The lowest BCUT2D eigenvalue weighted by Gasteiger charge is -2.50. The smallest absolute Gasteiger partial charge is 0.410 e. The van der Waals surface area contributed by atoms with E-state index < -0.39 is 16.6 Å². The number of aromatic nitrogens is 2. The van der Waals surface area contributed by atoms with Crippen molar-refractivity contribution in [2.45, 2.75) is 58.8 Å². The minimum Gasteiger partial charge on any atom is -0.444 e. The van der Waals surface area contributed by atoms with Gasteiger partial charge in [-0.25, -0.2) is 9.78 Å². The lowest BCUT2D eigenvalue weighted by Crippen LogP contribution is -2.61. The van der Waals surface area contributed by atoms with E-state index in [-0.39, 0.29) is 18.2 Å². The maximum absolute atomic E-state index is 12.7. The van der Waals surface area contributed by atoms with Crippen molar-refractivity contribution < 1.29 is 14.6 Å². The van der Waals surface area contributed by atoms with Crippen LogP contribution in [0.15, 0.2) is 47.5 Å². The zero-order chi connectivity index (χ0) is 22.2. The van der Waals surface area contributed by atoms with Crippen LogP contribution in [-0.2, 0) is 11.3 Å². The average molecular weight is 414 g/mol. The molecule has 0 spiro atoms. The van der Waals surface area contributed by atoms with Crippen LogP contribution in [0.25, 0.3) is 11.3 Å². The van der Waals surface area contributed by atoms with E-state index in [9.17, 15) is 14.7 Å². The number of likely N-dealkylation sites (tertiary alicyclic amines) is 1. The van der Waals surface area contributed by atoms with Crippen molar-refractivity contribution in [2.75, 3.05) is 13.1 Å². The van der Waals surface area contributed by atoms with Crippen molar-refractivity contribution in [3.05, 3.63) is 53.1 Å². The second kappa shape index (κ2) is 7.87. The zero-order valence-electron chi connectivity index (χ0n) is 18.4. The lowest BCUT2D eigenvalue weighted by molar-refractivity contribution is -0.127. The summed E-state index contributed by atoms with van der Waals surface area (Å²) in [5, 5.41) is 11.4. The first-order valence-corrected chi connectivity index (χ1v) is 10.2. The molecule has 0 bridgehead atoms.